The third kappa shape index (κ3) is 9.12. The molecule has 0 heterocycles. The molecule has 0 bridgehead atoms. The highest BCUT2D eigenvalue weighted by molar-refractivity contribution is 6.00. The maximum Gasteiger partial charge on any atom is 0.408 e. The lowest BCUT2D eigenvalue weighted by molar-refractivity contribution is -0.144. The zero-order chi connectivity index (χ0) is 29.5. The number of carbonyl (C=O) groups excluding carboxylic acids is 4. The molecule has 0 saturated heterocycles. The molecule has 0 saturated carbocycles. The van der Waals surface area contributed by atoms with E-state index >= 15 is 0 Å². The Hall–Kier alpha value is -3.88. The molecule has 9 heteroatoms. The highest BCUT2D eigenvalue weighted by Gasteiger charge is 2.39. The fourth-order valence-electron chi connectivity index (χ4n) is 4.35. The van der Waals surface area contributed by atoms with Gasteiger partial charge in [0, 0.05) is 11.7 Å². The van der Waals surface area contributed by atoms with Gasteiger partial charge in [-0.25, -0.2) is 4.79 Å². The van der Waals surface area contributed by atoms with Crippen LogP contribution in [0.3, 0.4) is 0 Å². The van der Waals surface area contributed by atoms with Crippen molar-refractivity contribution in [2.75, 3.05) is 5.32 Å². The topological polar surface area (TPSA) is 131 Å². The van der Waals surface area contributed by atoms with E-state index in [2.05, 4.69) is 10.6 Å². The normalized spacial score (nSPS) is 13.5. The molecule has 2 aromatic carbocycles. The minimum absolute atomic E-state index is 0.418. The fraction of sp³-hybridized carbons (Fsp3) is 0.467. The van der Waals surface area contributed by atoms with Gasteiger partial charge in [0.25, 0.3) is 5.91 Å². The molecule has 0 aliphatic rings. The van der Waals surface area contributed by atoms with Crippen LogP contribution in [0, 0.1) is 20.8 Å². The Bertz CT molecular complexity index is 1180. The van der Waals surface area contributed by atoms with Gasteiger partial charge in [-0.1, -0.05) is 54.4 Å². The van der Waals surface area contributed by atoms with Crippen molar-refractivity contribution >= 4 is 29.5 Å². The summed E-state index contributed by atoms with van der Waals surface area (Å²) in [5.74, 6) is -1.81. The Morgan fingerprint density at radius 3 is 2.10 bits per heavy atom. The predicted molar refractivity (Wildman–Crippen MR) is 152 cm³/mol. The van der Waals surface area contributed by atoms with Crippen molar-refractivity contribution in [2.45, 2.75) is 92.0 Å². The molecule has 0 aromatic heterocycles. The van der Waals surface area contributed by atoms with E-state index in [0.717, 1.165) is 16.7 Å². The predicted octanol–water partition coefficient (Wildman–Crippen LogP) is 4.69. The van der Waals surface area contributed by atoms with Crippen LogP contribution in [0.2, 0.25) is 0 Å². The van der Waals surface area contributed by atoms with E-state index in [9.17, 15) is 19.2 Å². The molecule has 2 rings (SSSR count). The molecule has 0 aliphatic carbocycles. The van der Waals surface area contributed by atoms with Crippen molar-refractivity contribution in [2.24, 2.45) is 5.73 Å². The van der Waals surface area contributed by atoms with Gasteiger partial charge < -0.3 is 26.0 Å². The molecule has 212 valence electrons. The van der Waals surface area contributed by atoms with Crippen molar-refractivity contribution in [1.82, 2.24) is 10.2 Å². The van der Waals surface area contributed by atoms with Gasteiger partial charge in [0.2, 0.25) is 11.8 Å². The first kappa shape index (κ1) is 31.3. The first-order valence-corrected chi connectivity index (χ1v) is 13.2. The number of alkyl carbamates (subject to hydrolysis) is 1. The Balaban J connectivity index is 2.63. The average molecular weight is 539 g/mol. The summed E-state index contributed by atoms with van der Waals surface area (Å²) in [5.41, 5.74) is 8.60. The molecular weight excluding hydrogens is 496 g/mol. The number of amides is 4. The van der Waals surface area contributed by atoms with E-state index in [1.54, 1.807) is 26.8 Å². The third-order valence-corrected chi connectivity index (χ3v) is 6.20. The van der Waals surface area contributed by atoms with Gasteiger partial charge in [-0.05, 0) is 72.1 Å². The number of benzene rings is 2. The van der Waals surface area contributed by atoms with Gasteiger partial charge in [0.1, 0.15) is 17.7 Å². The van der Waals surface area contributed by atoms with Crippen molar-refractivity contribution in [1.29, 1.82) is 0 Å². The number of para-hydroxylation sites is 1. The number of hydrogen-bond donors (Lipinski definition) is 3. The summed E-state index contributed by atoms with van der Waals surface area (Å²) in [6.07, 6.45) is -0.803. The first-order chi connectivity index (χ1) is 18.1. The summed E-state index contributed by atoms with van der Waals surface area (Å²) in [6.45, 7) is 14.5. The van der Waals surface area contributed by atoms with Crippen molar-refractivity contribution in [3.8, 4) is 0 Å². The molecule has 3 atom stereocenters. The molecule has 0 fully saturated rings. The lowest BCUT2D eigenvalue weighted by Gasteiger charge is -2.38. The van der Waals surface area contributed by atoms with Crippen molar-refractivity contribution in [3.63, 3.8) is 0 Å². The summed E-state index contributed by atoms with van der Waals surface area (Å²) in [7, 11) is 0. The van der Waals surface area contributed by atoms with Crippen molar-refractivity contribution < 1.29 is 23.9 Å². The maximum absolute atomic E-state index is 14.2. The Morgan fingerprint density at radius 2 is 1.59 bits per heavy atom. The summed E-state index contributed by atoms with van der Waals surface area (Å²) >= 11 is 0. The number of anilines is 1. The number of nitrogens with zero attached hydrogens (tertiary/aromatic N) is 1. The Labute approximate surface area is 231 Å². The molecule has 3 unspecified atom stereocenters. The molecule has 4 amide bonds. The number of carbonyl (C=O) groups is 4. The quantitative estimate of drug-likeness (QED) is 0.404. The highest BCUT2D eigenvalue weighted by Crippen LogP contribution is 2.30. The van der Waals surface area contributed by atoms with Gasteiger partial charge in [0.15, 0.2) is 0 Å². The van der Waals surface area contributed by atoms with Crippen LogP contribution >= 0.6 is 0 Å². The number of primary amides is 1. The van der Waals surface area contributed by atoms with Crippen LogP contribution in [0.4, 0.5) is 10.5 Å². The maximum atomic E-state index is 14.2. The van der Waals surface area contributed by atoms with Crippen LogP contribution in [-0.2, 0) is 19.1 Å². The molecule has 0 radical (unpaired) electrons. The lowest BCUT2D eigenvalue weighted by Crippen LogP contribution is -2.55. The molecule has 4 N–H and O–H groups in total. The van der Waals surface area contributed by atoms with E-state index in [1.807, 2.05) is 71.0 Å². The highest BCUT2D eigenvalue weighted by atomic mass is 16.6. The number of nitrogens with two attached hydrogens (primary N) is 1. The fourth-order valence-corrected chi connectivity index (χ4v) is 4.35. The minimum atomic E-state index is -1.33. The van der Waals surface area contributed by atoms with E-state index in [4.69, 9.17) is 10.5 Å². The molecule has 0 aliphatic heterocycles. The lowest BCUT2D eigenvalue weighted by atomic mass is 9.96. The second kappa shape index (κ2) is 13.3. The summed E-state index contributed by atoms with van der Waals surface area (Å²) in [4.78, 5) is 54.2. The summed E-state index contributed by atoms with van der Waals surface area (Å²) < 4.78 is 5.33. The average Bonchev–Trinajstić information content (AvgIpc) is 2.80. The Kier molecular flexibility index (Phi) is 10.7. The number of rotatable bonds is 10. The molecule has 39 heavy (non-hydrogen) atoms. The number of ether oxygens (including phenoxy) is 1. The molecule has 2 aromatic rings. The van der Waals surface area contributed by atoms with Crippen LogP contribution in [-0.4, -0.2) is 46.4 Å². The third-order valence-electron chi connectivity index (χ3n) is 6.20. The second-order valence-corrected chi connectivity index (χ2v) is 11.0. The van der Waals surface area contributed by atoms with E-state index < -0.39 is 54.0 Å². The smallest absolute Gasteiger partial charge is 0.408 e. The van der Waals surface area contributed by atoms with Gasteiger partial charge >= 0.3 is 6.09 Å². The van der Waals surface area contributed by atoms with Gasteiger partial charge in [-0.3, -0.25) is 14.4 Å². The van der Waals surface area contributed by atoms with Gasteiger partial charge in [-0.15, -0.1) is 0 Å². The van der Waals surface area contributed by atoms with Crippen LogP contribution in [0.25, 0.3) is 0 Å². The SMILES string of the molecule is CCC(C)N(C(=O)C(CC(N)=O)NC(=O)OC(C)(C)C)C(C(=O)Nc1ccccc1C)c1cc(C)cc(C)c1. The molecule has 9 nitrogen and oxygen atoms in total. The van der Waals surface area contributed by atoms with E-state index in [1.165, 1.54) is 4.90 Å². The second-order valence-electron chi connectivity index (χ2n) is 11.0. The number of aryl methyl sites for hydroxylation is 3. The zero-order valence-corrected chi connectivity index (χ0v) is 24.3. The van der Waals surface area contributed by atoms with Crippen LogP contribution < -0.4 is 16.4 Å². The summed E-state index contributed by atoms with van der Waals surface area (Å²) in [6, 6.07) is 10.3. The number of nitrogens with one attached hydrogen (secondary N) is 2. The summed E-state index contributed by atoms with van der Waals surface area (Å²) in [5, 5.41) is 5.48. The Morgan fingerprint density at radius 1 is 1.00 bits per heavy atom. The minimum Gasteiger partial charge on any atom is -0.444 e. The monoisotopic (exact) mass is 538 g/mol. The zero-order valence-electron chi connectivity index (χ0n) is 24.3. The molecule has 0 spiro atoms. The standard InChI is InChI=1S/C30H42N4O5/c1-9-21(5)34(28(37)24(17-25(31)35)33-29(38)39-30(6,7)8)26(22-15-18(2)14-19(3)16-22)27(36)32-23-13-11-10-12-20(23)4/h10-16,21,24,26H,9,17H2,1-8H3,(H2,31,35)(H,32,36)(H,33,38). The van der Waals surface area contributed by atoms with Crippen LogP contribution in [0.5, 0.6) is 0 Å². The van der Waals surface area contributed by atoms with Crippen LogP contribution in [0.1, 0.15) is 75.8 Å². The van der Waals surface area contributed by atoms with Gasteiger partial charge in [-0.2, -0.15) is 0 Å². The largest absolute Gasteiger partial charge is 0.444 e. The van der Waals surface area contributed by atoms with E-state index in [-0.39, 0.29) is 0 Å². The van der Waals surface area contributed by atoms with E-state index in [0.29, 0.717) is 17.7 Å². The van der Waals surface area contributed by atoms with Crippen LogP contribution in [0.15, 0.2) is 42.5 Å². The molecular formula is C30H42N4O5. The number of hydrogen-bond acceptors (Lipinski definition) is 5. The van der Waals surface area contributed by atoms with Crippen molar-refractivity contribution in [3.05, 3.63) is 64.7 Å². The van der Waals surface area contributed by atoms with Gasteiger partial charge in [0.05, 0.1) is 6.42 Å². The first-order valence-electron chi connectivity index (χ1n) is 13.2.